The van der Waals surface area contributed by atoms with Crippen molar-refractivity contribution >= 4 is 28.3 Å². The molecule has 2 nitrogen and oxygen atoms in total. The maximum absolute atomic E-state index is 5.92. The Kier molecular flexibility index (Phi) is 2.78. The number of hydrogen-bond acceptors (Lipinski definition) is 2. The van der Waals surface area contributed by atoms with Crippen molar-refractivity contribution in [2.24, 2.45) is 0 Å². The van der Waals surface area contributed by atoms with E-state index in [0.717, 1.165) is 21.7 Å². The van der Waals surface area contributed by atoms with Crippen LogP contribution in [-0.2, 0) is 0 Å². The standard InChI is InChI=1S/C12H13ClN2/c1-8(2)14-12-6-4-9-3-5-10(13)7-11(9)15-12/h3-8H,1-2H3,(H,14,15). The molecule has 1 heterocycles. The SMILES string of the molecule is CC(C)Nc1ccc2ccc(Cl)cc2n1. The minimum atomic E-state index is 0.383. The van der Waals surface area contributed by atoms with Gasteiger partial charge < -0.3 is 5.32 Å². The second-order valence-electron chi connectivity index (χ2n) is 3.83. The molecule has 0 amide bonds. The number of anilines is 1. The molecular weight excluding hydrogens is 208 g/mol. The molecule has 0 bridgehead atoms. The largest absolute Gasteiger partial charge is 0.368 e. The van der Waals surface area contributed by atoms with Crippen LogP contribution in [0.4, 0.5) is 5.82 Å². The van der Waals surface area contributed by atoms with Gasteiger partial charge in [0.25, 0.3) is 0 Å². The van der Waals surface area contributed by atoms with Crippen molar-refractivity contribution in [2.45, 2.75) is 19.9 Å². The predicted octanol–water partition coefficient (Wildman–Crippen LogP) is 3.71. The first-order chi connectivity index (χ1) is 7.15. The van der Waals surface area contributed by atoms with Gasteiger partial charge in [-0.1, -0.05) is 17.7 Å². The lowest BCUT2D eigenvalue weighted by Crippen LogP contribution is -2.10. The fraction of sp³-hybridized carbons (Fsp3) is 0.250. The van der Waals surface area contributed by atoms with Crippen LogP contribution < -0.4 is 5.32 Å². The number of nitrogens with one attached hydrogen (secondary N) is 1. The highest BCUT2D eigenvalue weighted by Crippen LogP contribution is 2.19. The maximum Gasteiger partial charge on any atom is 0.126 e. The van der Waals surface area contributed by atoms with Crippen LogP contribution in [0.5, 0.6) is 0 Å². The average molecular weight is 221 g/mol. The van der Waals surface area contributed by atoms with Crippen molar-refractivity contribution in [3.05, 3.63) is 35.4 Å². The number of fused-ring (bicyclic) bond motifs is 1. The Morgan fingerprint density at radius 3 is 2.67 bits per heavy atom. The zero-order chi connectivity index (χ0) is 10.8. The van der Waals surface area contributed by atoms with Gasteiger partial charge in [-0.25, -0.2) is 4.98 Å². The van der Waals surface area contributed by atoms with E-state index in [0.29, 0.717) is 6.04 Å². The third-order valence-electron chi connectivity index (χ3n) is 2.09. The lowest BCUT2D eigenvalue weighted by atomic mass is 10.2. The summed E-state index contributed by atoms with van der Waals surface area (Å²) in [7, 11) is 0. The van der Waals surface area contributed by atoms with Crippen molar-refractivity contribution in [1.29, 1.82) is 0 Å². The van der Waals surface area contributed by atoms with E-state index >= 15 is 0 Å². The lowest BCUT2D eigenvalue weighted by Gasteiger charge is -2.09. The van der Waals surface area contributed by atoms with Gasteiger partial charge in [-0.05, 0) is 38.1 Å². The van der Waals surface area contributed by atoms with Gasteiger partial charge in [0.05, 0.1) is 5.52 Å². The van der Waals surface area contributed by atoms with Crippen LogP contribution in [0, 0.1) is 0 Å². The van der Waals surface area contributed by atoms with Gasteiger partial charge in [0, 0.05) is 16.5 Å². The zero-order valence-electron chi connectivity index (χ0n) is 8.79. The molecule has 0 radical (unpaired) electrons. The first-order valence-electron chi connectivity index (χ1n) is 4.98. The van der Waals surface area contributed by atoms with E-state index < -0.39 is 0 Å². The Bertz CT molecular complexity index is 480. The van der Waals surface area contributed by atoms with Crippen LogP contribution in [0.15, 0.2) is 30.3 Å². The van der Waals surface area contributed by atoms with Crippen molar-refractivity contribution < 1.29 is 0 Å². The first kappa shape index (κ1) is 10.2. The summed E-state index contributed by atoms with van der Waals surface area (Å²) in [5, 5.41) is 5.09. The normalized spacial score (nSPS) is 10.9. The second kappa shape index (κ2) is 4.07. The third kappa shape index (κ3) is 2.39. The third-order valence-corrected chi connectivity index (χ3v) is 2.33. The summed E-state index contributed by atoms with van der Waals surface area (Å²) >= 11 is 5.92. The molecule has 0 aliphatic rings. The maximum atomic E-state index is 5.92. The van der Waals surface area contributed by atoms with Crippen LogP contribution in [0.25, 0.3) is 10.9 Å². The smallest absolute Gasteiger partial charge is 0.126 e. The first-order valence-corrected chi connectivity index (χ1v) is 5.36. The van der Waals surface area contributed by atoms with Gasteiger partial charge in [-0.3, -0.25) is 0 Å². The van der Waals surface area contributed by atoms with E-state index in [9.17, 15) is 0 Å². The summed E-state index contributed by atoms with van der Waals surface area (Å²) in [5.41, 5.74) is 0.924. The van der Waals surface area contributed by atoms with Gasteiger partial charge in [0.2, 0.25) is 0 Å². The summed E-state index contributed by atoms with van der Waals surface area (Å²) in [6.45, 7) is 4.17. The number of nitrogens with zero attached hydrogens (tertiary/aromatic N) is 1. The Balaban J connectivity index is 2.45. The van der Waals surface area contributed by atoms with Crippen molar-refractivity contribution in [3.8, 4) is 0 Å². The Labute approximate surface area is 94.3 Å². The van der Waals surface area contributed by atoms with Crippen molar-refractivity contribution in [3.63, 3.8) is 0 Å². The molecule has 2 aromatic rings. The fourth-order valence-electron chi connectivity index (χ4n) is 1.47. The molecule has 0 saturated carbocycles. The molecule has 1 N–H and O–H groups in total. The van der Waals surface area contributed by atoms with Gasteiger partial charge in [-0.15, -0.1) is 0 Å². The van der Waals surface area contributed by atoms with Gasteiger partial charge in [0.1, 0.15) is 5.82 Å². The van der Waals surface area contributed by atoms with Crippen LogP contribution in [0.1, 0.15) is 13.8 Å². The summed E-state index contributed by atoms with van der Waals surface area (Å²) in [6.07, 6.45) is 0. The van der Waals surface area contributed by atoms with Crippen LogP contribution >= 0.6 is 11.6 Å². The van der Waals surface area contributed by atoms with Crippen molar-refractivity contribution in [1.82, 2.24) is 4.98 Å². The number of aromatic nitrogens is 1. The molecule has 15 heavy (non-hydrogen) atoms. The Morgan fingerprint density at radius 1 is 1.20 bits per heavy atom. The number of hydrogen-bond donors (Lipinski definition) is 1. The highest BCUT2D eigenvalue weighted by atomic mass is 35.5. The molecule has 78 valence electrons. The molecule has 1 aromatic heterocycles. The number of benzene rings is 1. The highest BCUT2D eigenvalue weighted by Gasteiger charge is 2.00. The van der Waals surface area contributed by atoms with Crippen molar-refractivity contribution in [2.75, 3.05) is 5.32 Å². The monoisotopic (exact) mass is 220 g/mol. The Morgan fingerprint density at radius 2 is 1.93 bits per heavy atom. The molecule has 0 unspecified atom stereocenters. The molecule has 1 aromatic carbocycles. The molecule has 3 heteroatoms. The van der Waals surface area contributed by atoms with E-state index in [1.54, 1.807) is 0 Å². The minimum Gasteiger partial charge on any atom is -0.368 e. The van der Waals surface area contributed by atoms with Crippen LogP contribution in [-0.4, -0.2) is 11.0 Å². The topological polar surface area (TPSA) is 24.9 Å². The number of pyridine rings is 1. The van der Waals surface area contributed by atoms with Gasteiger partial charge in [-0.2, -0.15) is 0 Å². The fourth-order valence-corrected chi connectivity index (χ4v) is 1.63. The van der Waals surface area contributed by atoms with E-state index in [2.05, 4.69) is 24.1 Å². The van der Waals surface area contributed by atoms with E-state index in [-0.39, 0.29) is 0 Å². The van der Waals surface area contributed by atoms with Crippen LogP contribution in [0.3, 0.4) is 0 Å². The minimum absolute atomic E-state index is 0.383. The highest BCUT2D eigenvalue weighted by molar-refractivity contribution is 6.31. The molecule has 0 saturated heterocycles. The number of halogens is 1. The molecule has 0 aliphatic heterocycles. The molecule has 0 spiro atoms. The second-order valence-corrected chi connectivity index (χ2v) is 4.27. The molecule has 0 aliphatic carbocycles. The average Bonchev–Trinajstić information content (AvgIpc) is 2.16. The zero-order valence-corrected chi connectivity index (χ0v) is 9.55. The number of rotatable bonds is 2. The summed E-state index contributed by atoms with van der Waals surface area (Å²) in [6, 6.07) is 10.1. The summed E-state index contributed by atoms with van der Waals surface area (Å²) < 4.78 is 0. The molecule has 2 rings (SSSR count). The van der Waals surface area contributed by atoms with Gasteiger partial charge >= 0.3 is 0 Å². The van der Waals surface area contributed by atoms with Crippen LogP contribution in [0.2, 0.25) is 5.02 Å². The van der Waals surface area contributed by atoms with E-state index in [1.165, 1.54) is 0 Å². The van der Waals surface area contributed by atoms with Gasteiger partial charge in [0.15, 0.2) is 0 Å². The molecule has 0 fully saturated rings. The molecular formula is C12H13ClN2. The predicted molar refractivity (Wildman–Crippen MR) is 65.5 cm³/mol. The quantitative estimate of drug-likeness (QED) is 0.835. The summed E-state index contributed by atoms with van der Waals surface area (Å²) in [5.74, 6) is 0.889. The molecule has 0 atom stereocenters. The lowest BCUT2D eigenvalue weighted by molar-refractivity contribution is 0.891. The van der Waals surface area contributed by atoms with E-state index in [1.807, 2.05) is 30.3 Å². The Hall–Kier alpha value is -1.28. The van der Waals surface area contributed by atoms with E-state index in [4.69, 9.17) is 11.6 Å². The summed E-state index contributed by atoms with van der Waals surface area (Å²) in [4.78, 5) is 4.48.